The van der Waals surface area contributed by atoms with Crippen molar-refractivity contribution in [2.24, 2.45) is 0 Å². The Hall–Kier alpha value is -3.35. The summed E-state index contributed by atoms with van der Waals surface area (Å²) in [6.45, 7) is 1.30. The summed E-state index contributed by atoms with van der Waals surface area (Å²) in [7, 11) is 0. The van der Waals surface area contributed by atoms with Gasteiger partial charge in [0.15, 0.2) is 0 Å². The van der Waals surface area contributed by atoms with Crippen molar-refractivity contribution in [2.45, 2.75) is 18.9 Å². The third-order valence-electron chi connectivity index (χ3n) is 4.53. The van der Waals surface area contributed by atoms with E-state index in [-0.39, 0.29) is 11.1 Å². The van der Waals surface area contributed by atoms with Crippen molar-refractivity contribution in [2.75, 3.05) is 6.54 Å². The second kappa shape index (κ2) is 6.87. The van der Waals surface area contributed by atoms with E-state index in [9.17, 15) is 24.5 Å². The number of carbonyl (C=O) groups excluding carboxylic acids is 3. The third kappa shape index (κ3) is 2.99. The summed E-state index contributed by atoms with van der Waals surface area (Å²) in [5.41, 5.74) is 1.89. The fraction of sp³-hybridized carbons (Fsp3) is 0.211. The summed E-state index contributed by atoms with van der Waals surface area (Å²) in [6.07, 6.45) is 0.440. The van der Waals surface area contributed by atoms with Gasteiger partial charge in [-0.05, 0) is 24.6 Å². The Balaban J connectivity index is 2.03. The molecule has 7 nitrogen and oxygen atoms in total. The van der Waals surface area contributed by atoms with Gasteiger partial charge in [-0.25, -0.2) is 0 Å². The lowest BCUT2D eigenvalue weighted by atomic mass is 9.90. The van der Waals surface area contributed by atoms with Gasteiger partial charge in [0.2, 0.25) is 6.54 Å². The van der Waals surface area contributed by atoms with E-state index < -0.39 is 35.2 Å². The van der Waals surface area contributed by atoms with Gasteiger partial charge < -0.3 is 4.79 Å². The molecule has 0 saturated heterocycles. The number of imide groups is 1. The molecule has 3 rings (SSSR count). The molecule has 2 aromatic rings. The van der Waals surface area contributed by atoms with Crippen LogP contribution in [0.2, 0.25) is 0 Å². The summed E-state index contributed by atoms with van der Waals surface area (Å²) in [5, 5.41) is 11.2. The Kier molecular flexibility index (Phi) is 4.62. The first-order valence-corrected chi connectivity index (χ1v) is 8.04. The molecule has 2 amide bonds. The van der Waals surface area contributed by atoms with Gasteiger partial charge >= 0.3 is 0 Å². The molecule has 1 heterocycles. The Morgan fingerprint density at radius 1 is 1.04 bits per heavy atom. The molecular weight excluding hydrogens is 336 g/mol. The molecule has 0 fully saturated rings. The summed E-state index contributed by atoms with van der Waals surface area (Å²) >= 11 is 0. The minimum Gasteiger partial charge on any atom is -0.301 e. The minimum atomic E-state index is -1.25. The van der Waals surface area contributed by atoms with Gasteiger partial charge in [-0.15, -0.1) is 0 Å². The lowest BCUT2D eigenvalue weighted by molar-refractivity contribution is -0.484. The summed E-state index contributed by atoms with van der Waals surface area (Å²) < 4.78 is 0. The fourth-order valence-corrected chi connectivity index (χ4v) is 3.20. The lowest BCUT2D eigenvalue weighted by Crippen LogP contribution is -2.46. The van der Waals surface area contributed by atoms with Gasteiger partial charge in [0, 0.05) is 4.92 Å². The van der Waals surface area contributed by atoms with Gasteiger partial charge in [0.1, 0.15) is 12.3 Å². The Morgan fingerprint density at radius 2 is 1.58 bits per heavy atom. The van der Waals surface area contributed by atoms with Crippen molar-refractivity contribution >= 4 is 18.1 Å². The van der Waals surface area contributed by atoms with Crippen LogP contribution < -0.4 is 0 Å². The van der Waals surface area contributed by atoms with Crippen LogP contribution in [-0.4, -0.2) is 40.5 Å². The molecule has 0 radical (unpaired) electrons. The smallest absolute Gasteiger partial charge is 0.262 e. The molecular formula is C19H16N2O5. The number of hydrogen-bond donors (Lipinski definition) is 0. The van der Waals surface area contributed by atoms with Gasteiger partial charge in [-0.3, -0.25) is 24.6 Å². The molecule has 2 atom stereocenters. The van der Waals surface area contributed by atoms with E-state index in [1.165, 1.54) is 12.1 Å². The van der Waals surface area contributed by atoms with Gasteiger partial charge in [0.25, 0.3) is 11.8 Å². The molecule has 1 aliphatic rings. The summed E-state index contributed by atoms with van der Waals surface area (Å²) in [5.74, 6) is -2.14. The third-order valence-corrected chi connectivity index (χ3v) is 4.53. The van der Waals surface area contributed by atoms with Crippen LogP contribution in [0.15, 0.2) is 48.5 Å². The zero-order valence-corrected chi connectivity index (χ0v) is 14.0. The lowest BCUT2D eigenvalue weighted by Gasteiger charge is -2.27. The molecule has 132 valence electrons. The van der Waals surface area contributed by atoms with Crippen LogP contribution in [0.3, 0.4) is 0 Å². The Morgan fingerprint density at radius 3 is 2.04 bits per heavy atom. The van der Waals surface area contributed by atoms with E-state index in [1.807, 2.05) is 6.92 Å². The van der Waals surface area contributed by atoms with Crippen molar-refractivity contribution in [3.63, 3.8) is 0 Å². The highest BCUT2D eigenvalue weighted by molar-refractivity contribution is 6.22. The molecule has 7 heteroatoms. The first-order chi connectivity index (χ1) is 12.4. The second-order valence-electron chi connectivity index (χ2n) is 6.19. The highest BCUT2D eigenvalue weighted by atomic mass is 16.6. The zero-order chi connectivity index (χ0) is 18.8. The van der Waals surface area contributed by atoms with Crippen molar-refractivity contribution in [3.8, 4) is 0 Å². The van der Waals surface area contributed by atoms with Crippen molar-refractivity contribution in [1.29, 1.82) is 0 Å². The monoisotopic (exact) mass is 352 g/mol. The van der Waals surface area contributed by atoms with E-state index in [2.05, 4.69) is 0 Å². The molecule has 2 aromatic carbocycles. The second-order valence-corrected chi connectivity index (χ2v) is 6.19. The van der Waals surface area contributed by atoms with Crippen molar-refractivity contribution in [1.82, 2.24) is 4.90 Å². The number of carbonyl (C=O) groups is 3. The Labute approximate surface area is 149 Å². The summed E-state index contributed by atoms with van der Waals surface area (Å²) in [4.78, 5) is 48.6. The average Bonchev–Trinajstić information content (AvgIpc) is 2.87. The SMILES string of the molecule is Cc1ccc([C@H](C[N+](=O)[O-])[C@@H](C=O)N2C(=O)c3ccccc3C2=O)cc1. The van der Waals surface area contributed by atoms with E-state index in [0.29, 0.717) is 11.8 Å². The maximum Gasteiger partial charge on any atom is 0.262 e. The number of benzene rings is 2. The van der Waals surface area contributed by atoms with Crippen LogP contribution in [-0.2, 0) is 4.79 Å². The summed E-state index contributed by atoms with van der Waals surface area (Å²) in [6, 6.07) is 11.9. The molecule has 0 spiro atoms. The van der Waals surface area contributed by atoms with Crippen molar-refractivity contribution < 1.29 is 19.3 Å². The van der Waals surface area contributed by atoms with E-state index in [4.69, 9.17) is 0 Å². The maximum atomic E-state index is 12.7. The largest absolute Gasteiger partial charge is 0.301 e. The quantitative estimate of drug-likeness (QED) is 0.344. The molecule has 0 N–H and O–H groups in total. The fourth-order valence-electron chi connectivity index (χ4n) is 3.20. The predicted molar refractivity (Wildman–Crippen MR) is 92.6 cm³/mol. The normalized spacial score (nSPS) is 15.5. The van der Waals surface area contributed by atoms with Crippen LogP contribution in [0.4, 0.5) is 0 Å². The minimum absolute atomic E-state index is 0.202. The highest BCUT2D eigenvalue weighted by Gasteiger charge is 2.44. The Bertz CT molecular complexity index is 856. The van der Waals surface area contributed by atoms with E-state index in [1.54, 1.807) is 36.4 Å². The molecule has 0 saturated carbocycles. The number of rotatable bonds is 6. The van der Waals surface area contributed by atoms with Gasteiger partial charge in [-0.1, -0.05) is 42.0 Å². The number of nitro groups is 1. The molecule has 0 bridgehead atoms. The zero-order valence-electron chi connectivity index (χ0n) is 14.0. The first kappa shape index (κ1) is 17.5. The van der Waals surface area contributed by atoms with E-state index in [0.717, 1.165) is 10.5 Å². The molecule has 0 aliphatic carbocycles. The van der Waals surface area contributed by atoms with Gasteiger partial charge in [0.05, 0.1) is 17.0 Å². The topological polar surface area (TPSA) is 97.6 Å². The molecule has 0 unspecified atom stereocenters. The maximum absolute atomic E-state index is 12.7. The number of aryl methyl sites for hydroxylation is 1. The van der Waals surface area contributed by atoms with Crippen molar-refractivity contribution in [3.05, 3.63) is 80.9 Å². The number of aldehydes is 1. The number of nitrogens with zero attached hydrogens (tertiary/aromatic N) is 2. The van der Waals surface area contributed by atoms with Crippen LogP contribution in [0.5, 0.6) is 0 Å². The first-order valence-electron chi connectivity index (χ1n) is 8.04. The number of hydrogen-bond acceptors (Lipinski definition) is 5. The standard InChI is InChI=1S/C19H16N2O5/c1-12-6-8-13(9-7-12)16(10-20(25)26)17(11-22)21-18(23)14-4-2-3-5-15(14)19(21)24/h2-9,11,16-17H,10H2,1H3/t16-,17+/m0/s1. The van der Waals surface area contributed by atoms with Gasteiger partial charge in [-0.2, -0.15) is 0 Å². The molecule has 0 aromatic heterocycles. The number of amides is 2. The van der Waals surface area contributed by atoms with E-state index >= 15 is 0 Å². The van der Waals surface area contributed by atoms with Crippen LogP contribution in [0, 0.1) is 17.0 Å². The molecule has 26 heavy (non-hydrogen) atoms. The predicted octanol–water partition coefficient (Wildman–Crippen LogP) is 2.22. The highest BCUT2D eigenvalue weighted by Crippen LogP contribution is 2.30. The average molecular weight is 352 g/mol. The number of fused-ring (bicyclic) bond motifs is 1. The molecule has 1 aliphatic heterocycles. The van der Waals surface area contributed by atoms with Crippen LogP contribution >= 0.6 is 0 Å². The van der Waals surface area contributed by atoms with Crippen LogP contribution in [0.25, 0.3) is 0 Å². The van der Waals surface area contributed by atoms with Crippen LogP contribution in [0.1, 0.15) is 37.8 Å².